The molecule has 35 heavy (non-hydrogen) atoms. The number of rotatable bonds is 3. The molecule has 10 heteroatoms. The van der Waals surface area contributed by atoms with Gasteiger partial charge in [0, 0.05) is 50.1 Å². The van der Waals surface area contributed by atoms with Crippen LogP contribution >= 0.6 is 34.5 Å². The van der Waals surface area contributed by atoms with E-state index in [1.54, 1.807) is 29.3 Å². The lowest BCUT2D eigenvalue weighted by atomic mass is 9.90. The zero-order valence-electron chi connectivity index (χ0n) is 18.4. The van der Waals surface area contributed by atoms with E-state index in [2.05, 4.69) is 11.1 Å². The Morgan fingerprint density at radius 1 is 1.26 bits per heavy atom. The number of pyridine rings is 1. The molecule has 2 aromatic carbocycles. The number of amides is 1. The zero-order valence-corrected chi connectivity index (χ0v) is 20.7. The fourth-order valence-electron chi connectivity index (χ4n) is 4.67. The largest absolute Gasteiger partial charge is 0.389 e. The summed E-state index contributed by atoms with van der Waals surface area (Å²) in [6.07, 6.45) is 1.99. The van der Waals surface area contributed by atoms with Crippen molar-refractivity contribution in [3.05, 3.63) is 74.6 Å². The van der Waals surface area contributed by atoms with Gasteiger partial charge in [0.05, 0.1) is 16.6 Å². The molecule has 4 aromatic rings. The molecular formula is C25H18Cl2FN5OS. The second-order valence-electron chi connectivity index (χ2n) is 8.22. The standard InChI is InChI=1S/C25H18Cl2FN5OS/c1-11(12-3-2-7-32-23(12)30)33-8-6-13-14(25(33)34)9-17(28)21(22(13)27)20-16(26)4-5-18-19(20)15(10-29)24(31)35-18/h2-5,7,9,11H,6,8,31H2,1H3,(H2,30,32). The number of hydrogen-bond donors (Lipinski definition) is 2. The third kappa shape index (κ3) is 3.59. The number of benzene rings is 2. The smallest absolute Gasteiger partial charge is 0.254 e. The fourth-order valence-corrected chi connectivity index (χ4v) is 6.24. The highest BCUT2D eigenvalue weighted by atomic mass is 35.5. The molecule has 0 saturated carbocycles. The second kappa shape index (κ2) is 8.68. The van der Waals surface area contributed by atoms with Gasteiger partial charge >= 0.3 is 0 Å². The van der Waals surface area contributed by atoms with Crippen LogP contribution in [0.15, 0.2) is 36.5 Å². The predicted molar refractivity (Wildman–Crippen MR) is 138 cm³/mol. The SMILES string of the molecule is CC(c1cccnc1N)N1CCc2c(cc(F)c(-c3c(Cl)ccc4sc(N)c(C#N)c34)c2Cl)C1=O. The Bertz CT molecular complexity index is 1580. The molecule has 2 aromatic heterocycles. The van der Waals surface area contributed by atoms with Crippen LogP contribution in [0.2, 0.25) is 10.0 Å². The first-order valence-electron chi connectivity index (χ1n) is 10.7. The molecule has 1 aliphatic heterocycles. The summed E-state index contributed by atoms with van der Waals surface area (Å²) in [5.41, 5.74) is 14.1. The minimum absolute atomic E-state index is 0.0566. The number of nitriles is 1. The van der Waals surface area contributed by atoms with Gasteiger partial charge in [0.1, 0.15) is 22.7 Å². The van der Waals surface area contributed by atoms with Gasteiger partial charge in [-0.25, -0.2) is 9.37 Å². The summed E-state index contributed by atoms with van der Waals surface area (Å²) in [6.45, 7) is 2.21. The van der Waals surface area contributed by atoms with Crippen molar-refractivity contribution in [1.29, 1.82) is 5.26 Å². The monoisotopic (exact) mass is 525 g/mol. The lowest BCUT2D eigenvalue weighted by Gasteiger charge is -2.35. The van der Waals surface area contributed by atoms with Crippen LogP contribution in [0.5, 0.6) is 0 Å². The average Bonchev–Trinajstić information content (AvgIpc) is 3.16. The number of thiophene rings is 1. The molecule has 0 radical (unpaired) electrons. The Morgan fingerprint density at radius 2 is 2.03 bits per heavy atom. The molecule has 0 spiro atoms. The Labute approximate surface area is 214 Å². The first kappa shape index (κ1) is 23.4. The van der Waals surface area contributed by atoms with Gasteiger partial charge in [0.2, 0.25) is 0 Å². The normalized spacial score (nSPS) is 14.1. The van der Waals surface area contributed by atoms with Crippen molar-refractivity contribution in [2.45, 2.75) is 19.4 Å². The molecule has 1 amide bonds. The van der Waals surface area contributed by atoms with E-state index in [1.807, 2.05) is 13.0 Å². The molecule has 1 atom stereocenters. The van der Waals surface area contributed by atoms with Gasteiger partial charge in [-0.05, 0) is 43.2 Å². The molecule has 0 aliphatic carbocycles. The van der Waals surface area contributed by atoms with Crippen molar-refractivity contribution in [1.82, 2.24) is 9.88 Å². The van der Waals surface area contributed by atoms with Crippen molar-refractivity contribution in [3.8, 4) is 17.2 Å². The molecule has 0 fully saturated rings. The Hall–Kier alpha value is -3.38. The number of hydrogen-bond acceptors (Lipinski definition) is 6. The molecule has 176 valence electrons. The van der Waals surface area contributed by atoms with Crippen molar-refractivity contribution in [2.24, 2.45) is 0 Å². The number of nitrogen functional groups attached to an aromatic ring is 2. The van der Waals surface area contributed by atoms with Crippen LogP contribution in [0.1, 0.15) is 40.0 Å². The van der Waals surface area contributed by atoms with Crippen molar-refractivity contribution in [2.75, 3.05) is 18.0 Å². The maximum atomic E-state index is 15.7. The minimum atomic E-state index is -0.708. The average molecular weight is 526 g/mol. The number of nitrogens with two attached hydrogens (primary N) is 2. The number of fused-ring (bicyclic) bond motifs is 2. The van der Waals surface area contributed by atoms with Gasteiger partial charge in [-0.2, -0.15) is 5.26 Å². The first-order chi connectivity index (χ1) is 16.7. The van der Waals surface area contributed by atoms with Gasteiger partial charge in [-0.1, -0.05) is 29.3 Å². The summed E-state index contributed by atoms with van der Waals surface area (Å²) in [5, 5.41) is 10.8. The number of nitrogens with zero attached hydrogens (tertiary/aromatic N) is 3. The van der Waals surface area contributed by atoms with Crippen LogP contribution in [0.3, 0.4) is 0 Å². The van der Waals surface area contributed by atoms with Crippen molar-refractivity contribution < 1.29 is 9.18 Å². The van der Waals surface area contributed by atoms with Gasteiger partial charge in [-0.3, -0.25) is 4.79 Å². The number of anilines is 2. The maximum Gasteiger partial charge on any atom is 0.254 e. The van der Waals surface area contributed by atoms with Gasteiger partial charge in [0.15, 0.2) is 0 Å². The van der Waals surface area contributed by atoms with Crippen molar-refractivity contribution in [3.63, 3.8) is 0 Å². The highest BCUT2D eigenvalue weighted by Gasteiger charge is 2.34. The summed E-state index contributed by atoms with van der Waals surface area (Å²) in [7, 11) is 0. The Kier molecular flexibility index (Phi) is 5.80. The van der Waals surface area contributed by atoms with Gasteiger partial charge < -0.3 is 16.4 Å². The highest BCUT2D eigenvalue weighted by molar-refractivity contribution is 7.23. The van der Waals surface area contributed by atoms with Crippen LogP contribution in [0.25, 0.3) is 21.2 Å². The molecule has 4 N–H and O–H groups in total. The number of halogens is 3. The van der Waals surface area contributed by atoms with E-state index in [0.29, 0.717) is 50.6 Å². The highest BCUT2D eigenvalue weighted by Crippen LogP contribution is 2.47. The fraction of sp³-hybridized carbons (Fsp3) is 0.160. The van der Waals surface area contributed by atoms with Crippen LogP contribution in [-0.2, 0) is 6.42 Å². The molecule has 3 heterocycles. The number of carbonyl (C=O) groups excluding carboxylic acids is 1. The summed E-state index contributed by atoms with van der Waals surface area (Å²) < 4.78 is 16.4. The van der Waals surface area contributed by atoms with Crippen LogP contribution in [0, 0.1) is 17.1 Å². The number of carbonyl (C=O) groups is 1. The molecular weight excluding hydrogens is 508 g/mol. The van der Waals surface area contributed by atoms with E-state index in [-0.39, 0.29) is 38.7 Å². The Morgan fingerprint density at radius 3 is 2.74 bits per heavy atom. The Balaban J connectivity index is 1.66. The van der Waals surface area contributed by atoms with E-state index in [9.17, 15) is 10.1 Å². The quantitative estimate of drug-likeness (QED) is 0.330. The lowest BCUT2D eigenvalue weighted by Crippen LogP contribution is -2.40. The summed E-state index contributed by atoms with van der Waals surface area (Å²) in [4.78, 5) is 19.2. The molecule has 1 unspecified atom stereocenters. The maximum absolute atomic E-state index is 15.7. The third-order valence-electron chi connectivity index (χ3n) is 6.40. The van der Waals surface area contributed by atoms with Crippen molar-refractivity contribution >= 4 is 61.4 Å². The van der Waals surface area contributed by atoms with Gasteiger partial charge in [0.25, 0.3) is 5.91 Å². The van der Waals surface area contributed by atoms with Crippen LogP contribution in [-0.4, -0.2) is 22.3 Å². The molecule has 1 aliphatic rings. The summed E-state index contributed by atoms with van der Waals surface area (Å²) >= 11 is 14.5. The summed E-state index contributed by atoms with van der Waals surface area (Å²) in [5.74, 6) is -0.721. The van der Waals surface area contributed by atoms with E-state index in [1.165, 1.54) is 17.4 Å². The number of aromatic nitrogens is 1. The predicted octanol–water partition coefficient (Wildman–Crippen LogP) is 6.20. The third-order valence-corrected chi connectivity index (χ3v) is 8.11. The zero-order chi connectivity index (χ0) is 25.0. The molecule has 6 nitrogen and oxygen atoms in total. The lowest BCUT2D eigenvalue weighted by molar-refractivity contribution is 0.0672. The minimum Gasteiger partial charge on any atom is -0.389 e. The topological polar surface area (TPSA) is 109 Å². The molecule has 0 bridgehead atoms. The summed E-state index contributed by atoms with van der Waals surface area (Å²) in [6, 6.07) is 9.85. The van der Waals surface area contributed by atoms with Crippen LogP contribution in [0.4, 0.5) is 15.2 Å². The molecule has 5 rings (SSSR count). The first-order valence-corrected chi connectivity index (χ1v) is 12.2. The van der Waals surface area contributed by atoms with E-state index in [4.69, 9.17) is 34.7 Å². The molecule has 0 saturated heterocycles. The van der Waals surface area contributed by atoms with E-state index in [0.717, 1.165) is 0 Å². The van der Waals surface area contributed by atoms with E-state index >= 15 is 4.39 Å². The van der Waals surface area contributed by atoms with Crippen LogP contribution < -0.4 is 11.5 Å². The second-order valence-corrected chi connectivity index (χ2v) is 10.1. The van der Waals surface area contributed by atoms with Gasteiger partial charge in [-0.15, -0.1) is 11.3 Å². The van der Waals surface area contributed by atoms with E-state index < -0.39 is 5.82 Å².